The second-order valence-corrected chi connectivity index (χ2v) is 10.6. The molecule has 31 heavy (non-hydrogen) atoms. The molecule has 1 heterocycles. The fraction of sp³-hybridized carbons (Fsp3) is 0.308. The van der Waals surface area contributed by atoms with Crippen LogP contribution in [0.15, 0.2) is 59.6 Å². The maximum Gasteiger partial charge on any atom is 0.259 e. The number of aliphatic imine (C=N–C) groups is 1. The van der Waals surface area contributed by atoms with Gasteiger partial charge in [0.05, 0.1) is 5.56 Å². The van der Waals surface area contributed by atoms with Crippen LogP contribution in [0.2, 0.25) is 5.02 Å². The molecule has 1 N–H and O–H groups in total. The normalized spacial score (nSPS) is 16.3. The van der Waals surface area contributed by atoms with Gasteiger partial charge in [0, 0.05) is 21.8 Å². The van der Waals surface area contributed by atoms with E-state index < -0.39 is 0 Å². The van der Waals surface area contributed by atoms with Crippen LogP contribution >= 0.6 is 22.9 Å². The molecule has 0 bridgehead atoms. The summed E-state index contributed by atoms with van der Waals surface area (Å²) in [5.41, 5.74) is 3.88. The van der Waals surface area contributed by atoms with Gasteiger partial charge < -0.3 is 5.32 Å². The smallest absolute Gasteiger partial charge is 0.259 e. The maximum atomic E-state index is 13.3. The highest BCUT2D eigenvalue weighted by atomic mass is 35.5. The molecule has 0 fully saturated rings. The number of nitrogens with one attached hydrogen (secondary N) is 1. The highest BCUT2D eigenvalue weighted by Gasteiger charge is 2.33. The highest BCUT2D eigenvalue weighted by molar-refractivity contribution is 7.16. The van der Waals surface area contributed by atoms with Crippen LogP contribution in [0.3, 0.4) is 0 Å². The molecule has 0 aliphatic heterocycles. The first-order valence-electron chi connectivity index (χ1n) is 10.6. The van der Waals surface area contributed by atoms with Crippen LogP contribution in [0.25, 0.3) is 0 Å². The molecular weight excluding hydrogens is 424 g/mol. The van der Waals surface area contributed by atoms with E-state index in [0.717, 1.165) is 46.6 Å². The lowest BCUT2D eigenvalue weighted by atomic mass is 9.72. The zero-order valence-electron chi connectivity index (χ0n) is 18.1. The lowest BCUT2D eigenvalue weighted by Crippen LogP contribution is -2.27. The summed E-state index contributed by atoms with van der Waals surface area (Å²) in [7, 11) is 0. The van der Waals surface area contributed by atoms with E-state index >= 15 is 0 Å². The Kier molecular flexibility index (Phi) is 6.31. The third kappa shape index (κ3) is 5.08. The van der Waals surface area contributed by atoms with Crippen molar-refractivity contribution in [2.24, 2.45) is 16.3 Å². The molecule has 3 aromatic rings. The van der Waals surface area contributed by atoms with E-state index in [4.69, 9.17) is 16.6 Å². The minimum absolute atomic E-state index is 0.103. The number of amides is 1. The van der Waals surface area contributed by atoms with Gasteiger partial charge in [0.1, 0.15) is 5.00 Å². The summed E-state index contributed by atoms with van der Waals surface area (Å²) in [4.78, 5) is 19.4. The first-order chi connectivity index (χ1) is 14.8. The van der Waals surface area contributed by atoms with E-state index in [9.17, 15) is 4.79 Å². The highest BCUT2D eigenvalue weighted by Crippen LogP contribution is 2.45. The Labute approximate surface area is 193 Å². The van der Waals surface area contributed by atoms with Gasteiger partial charge in [-0.2, -0.15) is 0 Å². The van der Waals surface area contributed by atoms with Gasteiger partial charge in [-0.05, 0) is 66.0 Å². The molecule has 5 heteroatoms. The number of nitrogens with zero attached hydrogens (tertiary/aromatic N) is 1. The van der Waals surface area contributed by atoms with Crippen molar-refractivity contribution in [2.45, 2.75) is 40.0 Å². The first kappa shape index (κ1) is 21.8. The molecule has 1 aromatic heterocycles. The molecule has 1 aliphatic carbocycles. The van der Waals surface area contributed by atoms with Crippen molar-refractivity contribution in [1.29, 1.82) is 0 Å². The van der Waals surface area contributed by atoms with Crippen molar-refractivity contribution in [3.8, 4) is 0 Å². The number of halogens is 1. The number of thiophene rings is 1. The van der Waals surface area contributed by atoms with Gasteiger partial charge in [0.15, 0.2) is 0 Å². The van der Waals surface area contributed by atoms with Crippen LogP contribution < -0.4 is 5.32 Å². The first-order valence-corrected chi connectivity index (χ1v) is 11.8. The average molecular weight is 451 g/mol. The van der Waals surface area contributed by atoms with Crippen LogP contribution in [-0.2, 0) is 12.8 Å². The SMILES string of the molecule is CC(C)(C)[C@H]1CCc2c(sc(N=Cc3ccccc3)c2C(=O)Nc2ccc(Cl)cc2)C1. The van der Waals surface area contributed by atoms with Crippen molar-refractivity contribution >= 4 is 45.7 Å². The number of hydrogen-bond acceptors (Lipinski definition) is 3. The zero-order valence-corrected chi connectivity index (χ0v) is 19.7. The van der Waals surface area contributed by atoms with Crippen molar-refractivity contribution in [2.75, 3.05) is 5.32 Å². The Morgan fingerprint density at radius 3 is 2.52 bits per heavy atom. The monoisotopic (exact) mass is 450 g/mol. The number of fused-ring (bicyclic) bond motifs is 1. The molecule has 0 spiro atoms. The molecule has 1 aliphatic rings. The third-order valence-corrected chi connectivity index (χ3v) is 7.35. The predicted octanol–water partition coefficient (Wildman–Crippen LogP) is 7.56. The number of rotatable bonds is 4. The van der Waals surface area contributed by atoms with E-state index in [1.807, 2.05) is 48.7 Å². The Hall–Kier alpha value is -2.43. The van der Waals surface area contributed by atoms with Crippen LogP contribution in [0.1, 0.15) is 53.6 Å². The molecule has 0 radical (unpaired) electrons. The summed E-state index contributed by atoms with van der Waals surface area (Å²) in [6, 6.07) is 17.2. The van der Waals surface area contributed by atoms with Crippen molar-refractivity contribution < 1.29 is 4.79 Å². The summed E-state index contributed by atoms with van der Waals surface area (Å²) in [6.45, 7) is 6.91. The molecule has 2 aromatic carbocycles. The van der Waals surface area contributed by atoms with E-state index in [-0.39, 0.29) is 11.3 Å². The van der Waals surface area contributed by atoms with Gasteiger partial charge >= 0.3 is 0 Å². The quantitative estimate of drug-likeness (QED) is 0.409. The summed E-state index contributed by atoms with van der Waals surface area (Å²) in [5.74, 6) is 0.506. The maximum absolute atomic E-state index is 13.3. The summed E-state index contributed by atoms with van der Waals surface area (Å²) in [5, 5.41) is 4.47. The van der Waals surface area contributed by atoms with E-state index in [0.29, 0.717) is 10.9 Å². The van der Waals surface area contributed by atoms with Crippen LogP contribution in [0.5, 0.6) is 0 Å². The molecule has 4 rings (SSSR count). The van der Waals surface area contributed by atoms with E-state index in [1.165, 1.54) is 4.88 Å². The molecular formula is C26H27ClN2OS. The summed E-state index contributed by atoms with van der Waals surface area (Å²) < 4.78 is 0. The lowest BCUT2D eigenvalue weighted by molar-refractivity contribution is 0.102. The van der Waals surface area contributed by atoms with Gasteiger partial charge in [-0.25, -0.2) is 4.99 Å². The second-order valence-electron chi connectivity index (χ2n) is 9.12. The molecule has 1 atom stereocenters. The van der Waals surface area contributed by atoms with E-state index in [1.54, 1.807) is 23.5 Å². The van der Waals surface area contributed by atoms with Crippen molar-refractivity contribution in [3.05, 3.63) is 81.2 Å². The van der Waals surface area contributed by atoms with Crippen LogP contribution in [0.4, 0.5) is 10.7 Å². The zero-order chi connectivity index (χ0) is 22.0. The number of benzene rings is 2. The summed E-state index contributed by atoms with van der Waals surface area (Å²) >= 11 is 7.65. The topological polar surface area (TPSA) is 41.5 Å². The lowest BCUT2D eigenvalue weighted by Gasteiger charge is -2.33. The molecule has 3 nitrogen and oxygen atoms in total. The molecule has 1 amide bonds. The third-order valence-electron chi connectivity index (χ3n) is 5.93. The largest absolute Gasteiger partial charge is 0.322 e. The molecule has 160 valence electrons. The standard InChI is InChI=1S/C26H27ClN2OS/c1-26(2,3)18-9-14-21-22(15-18)31-25(28-16-17-7-5-4-6-8-17)23(21)24(30)29-20-12-10-19(27)11-13-20/h4-8,10-13,16,18H,9,14-15H2,1-3H3,(H,29,30)/t18-/m0/s1. The second kappa shape index (κ2) is 8.97. The fourth-order valence-corrected chi connectivity index (χ4v) is 5.43. The fourth-order valence-electron chi connectivity index (χ4n) is 4.03. The number of carbonyl (C=O) groups is 1. The average Bonchev–Trinajstić information content (AvgIpc) is 3.12. The predicted molar refractivity (Wildman–Crippen MR) is 132 cm³/mol. The Morgan fingerprint density at radius 2 is 1.84 bits per heavy atom. The number of anilines is 1. The minimum Gasteiger partial charge on any atom is -0.322 e. The molecule has 0 saturated carbocycles. The van der Waals surface area contributed by atoms with Gasteiger partial charge in [0.25, 0.3) is 5.91 Å². The Bertz CT molecular complexity index is 1090. The van der Waals surface area contributed by atoms with Gasteiger partial charge in [0.2, 0.25) is 0 Å². The number of carbonyl (C=O) groups excluding carboxylic acids is 1. The van der Waals surface area contributed by atoms with Crippen molar-refractivity contribution in [3.63, 3.8) is 0 Å². The molecule has 0 unspecified atom stereocenters. The molecule has 0 saturated heterocycles. The summed E-state index contributed by atoms with van der Waals surface area (Å²) in [6.07, 6.45) is 4.86. The minimum atomic E-state index is -0.103. The van der Waals surface area contributed by atoms with Gasteiger partial charge in [-0.15, -0.1) is 11.3 Å². The van der Waals surface area contributed by atoms with Gasteiger partial charge in [-0.1, -0.05) is 62.7 Å². The van der Waals surface area contributed by atoms with E-state index in [2.05, 4.69) is 26.1 Å². The van der Waals surface area contributed by atoms with Crippen LogP contribution in [0, 0.1) is 11.3 Å². The Balaban J connectivity index is 1.69. The van der Waals surface area contributed by atoms with Crippen LogP contribution in [-0.4, -0.2) is 12.1 Å². The number of hydrogen-bond donors (Lipinski definition) is 1. The van der Waals surface area contributed by atoms with Gasteiger partial charge in [-0.3, -0.25) is 4.79 Å². The Morgan fingerprint density at radius 1 is 1.13 bits per heavy atom. The van der Waals surface area contributed by atoms with Crippen molar-refractivity contribution in [1.82, 2.24) is 0 Å².